The second kappa shape index (κ2) is 17.7. The van der Waals surface area contributed by atoms with Gasteiger partial charge >= 0.3 is 5.97 Å². The summed E-state index contributed by atoms with van der Waals surface area (Å²) >= 11 is 0. The van der Waals surface area contributed by atoms with Crippen LogP contribution in [0.25, 0.3) is 0 Å². The van der Waals surface area contributed by atoms with E-state index < -0.39 is 95.8 Å². The molecule has 0 aromatic heterocycles. The highest BCUT2D eigenvalue weighted by molar-refractivity contribution is 5.73. The smallest absolute Gasteiger partial charge is 0.311 e. The van der Waals surface area contributed by atoms with Gasteiger partial charge in [-0.1, -0.05) is 32.9 Å². The molecule has 0 radical (unpaired) electrons. The van der Waals surface area contributed by atoms with Crippen LogP contribution in [0.1, 0.15) is 94.9 Å². The lowest BCUT2D eigenvalue weighted by Gasteiger charge is -2.49. The molecular formula is C41H69NO12. The molecule has 0 aliphatic carbocycles. The van der Waals surface area contributed by atoms with Crippen LogP contribution in [0.4, 0.5) is 0 Å². The maximum Gasteiger partial charge on any atom is 0.311 e. The highest BCUT2D eigenvalue weighted by Gasteiger charge is 2.57. The number of aliphatic hydroxyl groups excluding tert-OH is 3. The summed E-state index contributed by atoms with van der Waals surface area (Å²) in [6.45, 7) is 26.9. The SMILES string of the molecule is C=CCN(CC=C)C1CC(C)O[C@@H](O[C@@H]2[C@@H](C)[C@H](O[C@H]3CC(C)(OC)[C@@H](O)C(C)O3)[C@@H](C)C(=O)O[C@@H]([C@](C)(O)[C@H](O)CC)[C@@H](C)C3=C(C)CC2(C)O3)C1O. The molecule has 0 aromatic carbocycles. The van der Waals surface area contributed by atoms with E-state index in [0.717, 1.165) is 5.57 Å². The predicted molar refractivity (Wildman–Crippen MR) is 202 cm³/mol. The number of rotatable bonds is 13. The number of aliphatic hydroxyl groups is 4. The number of methoxy groups -OCH3 is 1. The molecule has 4 aliphatic rings. The number of ether oxygens (including phenoxy) is 7. The van der Waals surface area contributed by atoms with Gasteiger partial charge in [0.25, 0.3) is 0 Å². The van der Waals surface area contributed by atoms with E-state index in [1.807, 2.05) is 34.6 Å². The van der Waals surface area contributed by atoms with E-state index in [4.69, 9.17) is 33.2 Å². The van der Waals surface area contributed by atoms with Crippen molar-refractivity contribution in [3.8, 4) is 0 Å². The fraction of sp³-hybridized carbons (Fsp3) is 0.829. The van der Waals surface area contributed by atoms with Crippen molar-refractivity contribution in [3.05, 3.63) is 36.6 Å². The topological polar surface area (TPSA) is 166 Å². The maximum absolute atomic E-state index is 14.4. The Labute approximate surface area is 322 Å². The summed E-state index contributed by atoms with van der Waals surface area (Å²) in [4.78, 5) is 16.5. The van der Waals surface area contributed by atoms with Crippen molar-refractivity contribution < 1.29 is 58.4 Å². The van der Waals surface area contributed by atoms with Crippen molar-refractivity contribution in [3.63, 3.8) is 0 Å². The Balaban J connectivity index is 1.83. The minimum Gasteiger partial charge on any atom is -0.488 e. The van der Waals surface area contributed by atoms with Crippen LogP contribution in [0, 0.1) is 17.8 Å². The fourth-order valence-electron chi connectivity index (χ4n) is 9.25. The summed E-state index contributed by atoms with van der Waals surface area (Å²) in [6.07, 6.45) is -4.14. The van der Waals surface area contributed by atoms with E-state index in [9.17, 15) is 25.2 Å². The molecule has 4 aliphatic heterocycles. The molecule has 4 N–H and O–H groups in total. The molecule has 310 valence electrons. The third kappa shape index (κ3) is 8.96. The summed E-state index contributed by atoms with van der Waals surface area (Å²) < 4.78 is 45.2. The summed E-state index contributed by atoms with van der Waals surface area (Å²) in [6, 6.07) is -0.329. The highest BCUT2D eigenvalue weighted by atomic mass is 16.7. The molecule has 4 heterocycles. The first-order valence-electron chi connectivity index (χ1n) is 19.7. The zero-order chi connectivity index (χ0) is 40.5. The second-order valence-electron chi connectivity index (χ2n) is 16.9. The average molecular weight is 768 g/mol. The molecule has 4 rings (SSSR count). The van der Waals surface area contributed by atoms with Crippen LogP contribution in [0.15, 0.2) is 36.6 Å². The van der Waals surface area contributed by atoms with Crippen LogP contribution >= 0.6 is 0 Å². The number of esters is 1. The van der Waals surface area contributed by atoms with Crippen LogP contribution in [0.5, 0.6) is 0 Å². The minimum absolute atomic E-state index is 0.160. The van der Waals surface area contributed by atoms with E-state index in [2.05, 4.69) is 18.1 Å². The number of nitrogens with zero attached hydrogens (tertiary/aromatic N) is 1. The summed E-state index contributed by atoms with van der Waals surface area (Å²) in [5.41, 5.74) is -3.04. The molecule has 17 atom stereocenters. The summed E-state index contributed by atoms with van der Waals surface area (Å²) in [5.74, 6) is -2.36. The van der Waals surface area contributed by atoms with Crippen LogP contribution in [-0.2, 0) is 38.0 Å². The zero-order valence-corrected chi connectivity index (χ0v) is 34.4. The first-order chi connectivity index (χ1) is 25.2. The van der Waals surface area contributed by atoms with E-state index >= 15 is 0 Å². The van der Waals surface area contributed by atoms with Crippen LogP contribution in [0.3, 0.4) is 0 Å². The van der Waals surface area contributed by atoms with Gasteiger partial charge in [0, 0.05) is 45.0 Å². The normalized spacial score (nSPS) is 43.8. The molecule has 3 saturated heterocycles. The molecule has 13 nitrogen and oxygen atoms in total. The third-order valence-corrected chi connectivity index (χ3v) is 12.5. The Morgan fingerprint density at radius 1 is 1.06 bits per heavy atom. The summed E-state index contributed by atoms with van der Waals surface area (Å²) in [5, 5.41) is 45.7. The Kier molecular flexibility index (Phi) is 14.7. The van der Waals surface area contributed by atoms with Crippen molar-refractivity contribution in [2.75, 3.05) is 20.2 Å². The molecule has 3 fully saturated rings. The van der Waals surface area contributed by atoms with Gasteiger partial charge in [-0.3, -0.25) is 9.69 Å². The Morgan fingerprint density at radius 2 is 1.69 bits per heavy atom. The van der Waals surface area contributed by atoms with Gasteiger partial charge in [-0.25, -0.2) is 0 Å². The molecule has 0 spiro atoms. The lowest BCUT2D eigenvalue weighted by molar-refractivity contribution is -0.316. The Morgan fingerprint density at radius 3 is 2.26 bits per heavy atom. The van der Waals surface area contributed by atoms with Crippen LogP contribution in [0.2, 0.25) is 0 Å². The zero-order valence-electron chi connectivity index (χ0n) is 34.4. The van der Waals surface area contributed by atoms with Gasteiger partial charge < -0.3 is 53.6 Å². The lowest BCUT2D eigenvalue weighted by Crippen LogP contribution is -2.60. The van der Waals surface area contributed by atoms with Gasteiger partial charge in [0.15, 0.2) is 12.6 Å². The molecule has 13 heteroatoms. The van der Waals surface area contributed by atoms with Gasteiger partial charge in [-0.05, 0) is 66.9 Å². The second-order valence-corrected chi connectivity index (χ2v) is 16.9. The number of carbonyl (C=O) groups is 1. The number of hydrogen-bond donors (Lipinski definition) is 4. The molecule has 2 bridgehead atoms. The molecular weight excluding hydrogens is 698 g/mol. The maximum atomic E-state index is 14.4. The van der Waals surface area contributed by atoms with Gasteiger partial charge in [0.2, 0.25) is 0 Å². The number of cyclic esters (lactones) is 1. The standard InChI is InChI=1S/C41H69NO12/c1-14-17-42(18-15-2)28-19-23(5)49-38(31(28)44)53-35-25(7)33(51-30-21-39(10,48-13)34(45)27(9)50-30)26(8)37(46)52-36(41(12,47)29(43)16-3)24(6)32-22(4)20-40(35,11)54-32/h14-15,23-31,33-36,38,43-45,47H,1-2,16-21H2,3-13H3/t23?,24-,25-,26+,27?,28?,29+,30-,31?,33-,34-,35+,36+,38-,39?,40?,41+/m0/s1. The van der Waals surface area contributed by atoms with Crippen molar-refractivity contribution in [1.82, 2.24) is 4.90 Å². The predicted octanol–water partition coefficient (Wildman–Crippen LogP) is 4.00. The lowest BCUT2D eigenvalue weighted by atomic mass is 9.78. The average Bonchev–Trinajstić information content (AvgIpc) is 3.43. The van der Waals surface area contributed by atoms with Crippen LogP contribution < -0.4 is 0 Å². The largest absolute Gasteiger partial charge is 0.488 e. The van der Waals surface area contributed by atoms with Gasteiger partial charge in [-0.2, -0.15) is 0 Å². The van der Waals surface area contributed by atoms with Crippen LogP contribution in [-0.4, -0.2) is 136 Å². The minimum atomic E-state index is -1.84. The van der Waals surface area contributed by atoms with Gasteiger partial charge in [-0.15, -0.1) is 13.2 Å². The third-order valence-electron chi connectivity index (χ3n) is 12.5. The first-order valence-corrected chi connectivity index (χ1v) is 19.7. The summed E-state index contributed by atoms with van der Waals surface area (Å²) in [7, 11) is 1.52. The van der Waals surface area contributed by atoms with Crippen molar-refractivity contribution in [1.29, 1.82) is 0 Å². The number of fused-ring (bicyclic) bond motifs is 2. The van der Waals surface area contributed by atoms with E-state index in [0.29, 0.717) is 31.7 Å². The van der Waals surface area contributed by atoms with Gasteiger partial charge in [0.05, 0.1) is 41.9 Å². The number of carbonyl (C=O) groups excluding carboxylic acids is 1. The Hall–Kier alpha value is -1.91. The quantitative estimate of drug-likeness (QED) is 0.157. The molecule has 0 amide bonds. The van der Waals surface area contributed by atoms with E-state index in [-0.39, 0.29) is 25.0 Å². The Bertz CT molecular complexity index is 1330. The molecule has 6 unspecified atom stereocenters. The highest BCUT2D eigenvalue weighted by Crippen LogP contribution is 2.48. The van der Waals surface area contributed by atoms with E-state index in [1.165, 1.54) is 14.0 Å². The molecule has 54 heavy (non-hydrogen) atoms. The van der Waals surface area contributed by atoms with Crippen molar-refractivity contribution in [2.45, 2.75) is 179 Å². The van der Waals surface area contributed by atoms with Crippen molar-refractivity contribution in [2.24, 2.45) is 17.8 Å². The number of hydrogen-bond acceptors (Lipinski definition) is 13. The van der Waals surface area contributed by atoms with Crippen molar-refractivity contribution >= 4 is 5.97 Å². The molecule has 0 aromatic rings. The monoisotopic (exact) mass is 767 g/mol. The fourth-order valence-corrected chi connectivity index (χ4v) is 9.25. The van der Waals surface area contributed by atoms with Gasteiger partial charge in [0.1, 0.15) is 41.4 Å². The first kappa shape index (κ1) is 44.8. The molecule has 0 saturated carbocycles. The van der Waals surface area contributed by atoms with E-state index in [1.54, 1.807) is 39.8 Å².